The maximum atomic E-state index is 3.42. The molecule has 0 aliphatic carbocycles. The highest BCUT2D eigenvalue weighted by molar-refractivity contribution is 4.78. The van der Waals surface area contributed by atoms with Crippen LogP contribution in [0.1, 0.15) is 19.8 Å². The van der Waals surface area contributed by atoms with Crippen molar-refractivity contribution < 1.29 is 0 Å². The molecule has 2 rings (SSSR count). The lowest BCUT2D eigenvalue weighted by atomic mass is 10.0. The number of nitrogens with one attached hydrogen (secondary N) is 1. The minimum atomic E-state index is 0.815. The molecular formula is C14H30N4. The van der Waals surface area contributed by atoms with Gasteiger partial charge in [0.05, 0.1) is 0 Å². The zero-order chi connectivity index (χ0) is 12.8. The van der Waals surface area contributed by atoms with Gasteiger partial charge in [0.15, 0.2) is 0 Å². The summed E-state index contributed by atoms with van der Waals surface area (Å²) in [4.78, 5) is 7.75. The van der Waals surface area contributed by atoms with Crippen LogP contribution in [0.3, 0.4) is 0 Å². The first-order chi connectivity index (χ1) is 8.79. The Labute approximate surface area is 112 Å². The first-order valence-electron chi connectivity index (χ1n) is 7.65. The summed E-state index contributed by atoms with van der Waals surface area (Å²) < 4.78 is 0. The molecule has 0 radical (unpaired) electrons. The molecule has 2 aliphatic rings. The summed E-state index contributed by atoms with van der Waals surface area (Å²) in [5, 5.41) is 3.42. The Morgan fingerprint density at radius 1 is 1.06 bits per heavy atom. The Morgan fingerprint density at radius 3 is 2.33 bits per heavy atom. The molecule has 0 aromatic carbocycles. The Hall–Kier alpha value is -0.160. The van der Waals surface area contributed by atoms with Crippen molar-refractivity contribution in [3.8, 4) is 0 Å². The molecule has 0 aromatic heterocycles. The van der Waals surface area contributed by atoms with Crippen molar-refractivity contribution in [1.29, 1.82) is 0 Å². The molecule has 2 fully saturated rings. The van der Waals surface area contributed by atoms with E-state index in [1.165, 1.54) is 71.7 Å². The molecule has 1 N–H and O–H groups in total. The van der Waals surface area contributed by atoms with Crippen molar-refractivity contribution in [1.82, 2.24) is 20.0 Å². The number of rotatable bonds is 5. The van der Waals surface area contributed by atoms with Gasteiger partial charge in [-0.25, -0.2) is 0 Å². The van der Waals surface area contributed by atoms with E-state index in [2.05, 4.69) is 34.0 Å². The third kappa shape index (κ3) is 4.19. The van der Waals surface area contributed by atoms with Crippen LogP contribution in [-0.2, 0) is 0 Å². The Kier molecular flexibility index (Phi) is 5.89. The average molecular weight is 254 g/mol. The smallest absolute Gasteiger partial charge is 0.0117 e. The van der Waals surface area contributed by atoms with Crippen LogP contribution in [0.5, 0.6) is 0 Å². The molecule has 4 nitrogen and oxygen atoms in total. The van der Waals surface area contributed by atoms with Crippen LogP contribution in [0.25, 0.3) is 0 Å². The van der Waals surface area contributed by atoms with Gasteiger partial charge in [0, 0.05) is 45.3 Å². The molecule has 0 atom stereocenters. The van der Waals surface area contributed by atoms with Gasteiger partial charge in [-0.05, 0) is 39.5 Å². The highest BCUT2D eigenvalue weighted by Gasteiger charge is 2.21. The second kappa shape index (κ2) is 7.43. The molecule has 106 valence electrons. The highest BCUT2D eigenvalue weighted by Crippen LogP contribution is 2.14. The Balaban J connectivity index is 1.63. The molecule has 0 spiro atoms. The van der Waals surface area contributed by atoms with Crippen molar-refractivity contribution >= 4 is 0 Å². The number of hydrogen-bond donors (Lipinski definition) is 1. The lowest BCUT2D eigenvalue weighted by molar-refractivity contribution is 0.116. The zero-order valence-electron chi connectivity index (χ0n) is 12.2. The van der Waals surface area contributed by atoms with Gasteiger partial charge in [0.25, 0.3) is 0 Å². The number of piperidine rings is 1. The van der Waals surface area contributed by atoms with E-state index in [1.54, 1.807) is 0 Å². The van der Waals surface area contributed by atoms with Gasteiger partial charge in [-0.1, -0.05) is 6.92 Å². The molecule has 18 heavy (non-hydrogen) atoms. The number of nitrogens with zero attached hydrogens (tertiary/aromatic N) is 3. The van der Waals surface area contributed by atoms with Crippen LogP contribution >= 0.6 is 0 Å². The number of likely N-dealkylation sites (N-methyl/N-ethyl adjacent to an activating group) is 1. The molecule has 0 saturated carbocycles. The van der Waals surface area contributed by atoms with Crippen molar-refractivity contribution in [2.24, 2.45) is 0 Å². The largest absolute Gasteiger partial charge is 0.314 e. The fourth-order valence-corrected chi connectivity index (χ4v) is 3.09. The van der Waals surface area contributed by atoms with Gasteiger partial charge in [-0.2, -0.15) is 0 Å². The molecule has 2 saturated heterocycles. The first-order valence-corrected chi connectivity index (χ1v) is 7.65. The standard InChI is InChI=1S/C14H30N4/c1-3-17-8-4-14(5-9-17)16(2)12-13-18-10-6-15-7-11-18/h14-15H,3-13H2,1-2H3. The summed E-state index contributed by atoms with van der Waals surface area (Å²) in [6, 6.07) is 0.815. The third-order valence-corrected chi connectivity index (χ3v) is 4.61. The molecule has 2 aliphatic heterocycles. The second-order valence-corrected chi connectivity index (χ2v) is 5.74. The zero-order valence-corrected chi connectivity index (χ0v) is 12.2. The van der Waals surface area contributed by atoms with Gasteiger partial charge < -0.3 is 15.1 Å². The molecular weight excluding hydrogens is 224 g/mol. The van der Waals surface area contributed by atoms with Crippen molar-refractivity contribution in [2.75, 3.05) is 66.0 Å². The Morgan fingerprint density at radius 2 is 1.72 bits per heavy atom. The van der Waals surface area contributed by atoms with E-state index in [0.29, 0.717) is 0 Å². The lowest BCUT2D eigenvalue weighted by Gasteiger charge is -2.37. The van der Waals surface area contributed by atoms with E-state index in [9.17, 15) is 0 Å². The van der Waals surface area contributed by atoms with Gasteiger partial charge in [-0.15, -0.1) is 0 Å². The van der Waals surface area contributed by atoms with Gasteiger partial charge in [-0.3, -0.25) is 4.90 Å². The van der Waals surface area contributed by atoms with Gasteiger partial charge >= 0.3 is 0 Å². The Bertz CT molecular complexity index is 220. The lowest BCUT2D eigenvalue weighted by Crippen LogP contribution is -2.48. The predicted octanol–water partition coefficient (Wildman–Crippen LogP) is 0.308. The van der Waals surface area contributed by atoms with Crippen LogP contribution in [0.4, 0.5) is 0 Å². The van der Waals surface area contributed by atoms with Gasteiger partial charge in [0.1, 0.15) is 0 Å². The number of likely N-dealkylation sites (tertiary alicyclic amines) is 1. The maximum Gasteiger partial charge on any atom is 0.0117 e. The number of piperazine rings is 1. The predicted molar refractivity (Wildman–Crippen MR) is 77.1 cm³/mol. The molecule has 0 aromatic rings. The summed E-state index contributed by atoms with van der Waals surface area (Å²) >= 11 is 0. The van der Waals surface area contributed by atoms with E-state index in [1.807, 2.05) is 0 Å². The van der Waals surface area contributed by atoms with Crippen LogP contribution in [-0.4, -0.2) is 86.7 Å². The van der Waals surface area contributed by atoms with E-state index in [4.69, 9.17) is 0 Å². The van der Waals surface area contributed by atoms with Crippen molar-refractivity contribution in [3.05, 3.63) is 0 Å². The second-order valence-electron chi connectivity index (χ2n) is 5.74. The van der Waals surface area contributed by atoms with Crippen LogP contribution < -0.4 is 5.32 Å². The van der Waals surface area contributed by atoms with Crippen molar-refractivity contribution in [3.63, 3.8) is 0 Å². The summed E-state index contributed by atoms with van der Waals surface area (Å²) in [5.41, 5.74) is 0. The third-order valence-electron chi connectivity index (χ3n) is 4.61. The fraction of sp³-hybridized carbons (Fsp3) is 1.00. The van der Waals surface area contributed by atoms with E-state index in [-0.39, 0.29) is 0 Å². The highest BCUT2D eigenvalue weighted by atomic mass is 15.2. The van der Waals surface area contributed by atoms with E-state index >= 15 is 0 Å². The molecule has 4 heteroatoms. The minimum absolute atomic E-state index is 0.815. The fourth-order valence-electron chi connectivity index (χ4n) is 3.09. The van der Waals surface area contributed by atoms with Crippen molar-refractivity contribution in [2.45, 2.75) is 25.8 Å². The monoisotopic (exact) mass is 254 g/mol. The van der Waals surface area contributed by atoms with Crippen LogP contribution in [0, 0.1) is 0 Å². The molecule has 0 bridgehead atoms. The van der Waals surface area contributed by atoms with Crippen LogP contribution in [0.15, 0.2) is 0 Å². The summed E-state index contributed by atoms with van der Waals surface area (Å²) in [7, 11) is 2.31. The average Bonchev–Trinajstić information content (AvgIpc) is 2.46. The molecule has 0 unspecified atom stereocenters. The first kappa shape index (κ1) is 14.3. The van der Waals surface area contributed by atoms with E-state index < -0.39 is 0 Å². The van der Waals surface area contributed by atoms with Gasteiger partial charge in [0.2, 0.25) is 0 Å². The van der Waals surface area contributed by atoms with E-state index in [0.717, 1.165) is 6.04 Å². The summed E-state index contributed by atoms with van der Waals surface area (Å²) in [5.74, 6) is 0. The topological polar surface area (TPSA) is 21.8 Å². The minimum Gasteiger partial charge on any atom is -0.314 e. The maximum absolute atomic E-state index is 3.42. The van der Waals surface area contributed by atoms with Crippen LogP contribution in [0.2, 0.25) is 0 Å². The quantitative estimate of drug-likeness (QED) is 0.762. The normalized spacial score (nSPS) is 24.8. The summed E-state index contributed by atoms with van der Waals surface area (Å²) in [6.45, 7) is 13.3. The molecule has 2 heterocycles. The SMILES string of the molecule is CCN1CCC(N(C)CCN2CCNCC2)CC1. The summed E-state index contributed by atoms with van der Waals surface area (Å²) in [6.07, 6.45) is 2.71. The molecule has 0 amide bonds. The number of hydrogen-bond acceptors (Lipinski definition) is 4.